The Morgan fingerprint density at radius 3 is 2.70 bits per heavy atom. The molecule has 2 aliphatic rings. The monoisotopic (exact) mass is 601 g/mol. The Labute approximate surface area is 255 Å². The summed E-state index contributed by atoms with van der Waals surface area (Å²) in [6.07, 6.45) is 3.18. The van der Waals surface area contributed by atoms with Crippen LogP contribution in [-0.2, 0) is 4.79 Å². The molecule has 3 unspecified atom stereocenters. The van der Waals surface area contributed by atoms with E-state index in [1.54, 1.807) is 36.2 Å². The number of benzene rings is 2. The van der Waals surface area contributed by atoms with Crippen LogP contribution in [0.5, 0.6) is 0 Å². The average molecular weight is 602 g/mol. The number of aliphatic hydroxyl groups is 1. The lowest BCUT2D eigenvalue weighted by Crippen LogP contribution is -2.61. The maximum Gasteiger partial charge on any atom is 0.246 e. The van der Waals surface area contributed by atoms with Crippen LogP contribution in [0.2, 0.25) is 0 Å². The molecule has 1 aromatic heterocycles. The summed E-state index contributed by atoms with van der Waals surface area (Å²) >= 11 is 1.31. The molecular weight excluding hydrogens is 565 g/mol. The van der Waals surface area contributed by atoms with Crippen molar-refractivity contribution in [2.75, 3.05) is 29.9 Å². The Balaban J connectivity index is 1.76. The number of nitrogens with zero attached hydrogens (tertiary/aromatic N) is 3. The van der Waals surface area contributed by atoms with Crippen LogP contribution in [0.15, 0.2) is 48.0 Å². The number of nitrogen functional groups attached to an aromatic ring is 1. The molecule has 5 rings (SSSR count). The van der Waals surface area contributed by atoms with Gasteiger partial charge in [0.1, 0.15) is 11.7 Å². The number of piperazine rings is 1. The fourth-order valence-electron chi connectivity index (χ4n) is 6.07. The van der Waals surface area contributed by atoms with Gasteiger partial charge in [0, 0.05) is 54.1 Å². The molecule has 1 saturated heterocycles. The molecule has 224 valence electrons. The SMILES string of the molecule is C=CC(=O)N1CC(C)N2C(=N)c3c(Nc4c(C)ccnc4C(C)O)cc(-c4c(C)ccc(N)c4C=N)c(F)c3SCC2C1. The van der Waals surface area contributed by atoms with Crippen molar-refractivity contribution in [1.82, 2.24) is 14.8 Å². The van der Waals surface area contributed by atoms with Crippen LogP contribution in [0.25, 0.3) is 11.1 Å². The van der Waals surface area contributed by atoms with Gasteiger partial charge in [-0.1, -0.05) is 12.6 Å². The van der Waals surface area contributed by atoms with Crippen LogP contribution in [0, 0.1) is 30.5 Å². The van der Waals surface area contributed by atoms with Crippen LogP contribution in [0.3, 0.4) is 0 Å². The Morgan fingerprint density at radius 1 is 1.28 bits per heavy atom. The lowest BCUT2D eigenvalue weighted by molar-refractivity contribution is -0.129. The van der Waals surface area contributed by atoms with Crippen molar-refractivity contribution >= 4 is 46.8 Å². The zero-order valence-corrected chi connectivity index (χ0v) is 25.5. The Bertz CT molecular complexity index is 1660. The average Bonchev–Trinajstić information content (AvgIpc) is 3.12. The van der Waals surface area contributed by atoms with E-state index in [0.29, 0.717) is 63.2 Å². The molecule has 0 radical (unpaired) electrons. The molecule has 6 N–H and O–H groups in total. The first-order valence-corrected chi connectivity index (χ1v) is 15.0. The molecule has 3 aromatic rings. The van der Waals surface area contributed by atoms with E-state index in [1.807, 2.05) is 31.7 Å². The van der Waals surface area contributed by atoms with Gasteiger partial charge in [-0.2, -0.15) is 0 Å². The third kappa shape index (κ3) is 5.27. The van der Waals surface area contributed by atoms with Gasteiger partial charge in [-0.3, -0.25) is 15.2 Å². The third-order valence-electron chi connectivity index (χ3n) is 8.15. The highest BCUT2D eigenvalue weighted by Gasteiger charge is 2.40. The van der Waals surface area contributed by atoms with Gasteiger partial charge in [0.2, 0.25) is 5.91 Å². The van der Waals surface area contributed by atoms with Crippen LogP contribution >= 0.6 is 11.8 Å². The standard InChI is InChI=1S/C32H36FN7O2S/c1-6-25(42)39-13-18(4)40-20(14-39)15-43-31-27(32(40)36)24(38-29-17(3)9-10-37-30(29)19(5)41)11-21(28(31)33)26-16(2)7-8-23(35)22(26)12-34/h6-12,18-20,34,36,38,41H,1,13-15,35H2,2-5H3. The van der Waals surface area contributed by atoms with E-state index in [-0.39, 0.29) is 29.4 Å². The molecule has 3 atom stereocenters. The zero-order chi connectivity index (χ0) is 31.2. The number of nitrogens with two attached hydrogens (primary N) is 1. The van der Waals surface area contributed by atoms with Gasteiger partial charge >= 0.3 is 0 Å². The molecule has 0 saturated carbocycles. The first-order chi connectivity index (χ1) is 20.5. The highest BCUT2D eigenvalue weighted by molar-refractivity contribution is 7.99. The number of rotatable bonds is 6. The number of thioether (sulfide) groups is 1. The summed E-state index contributed by atoms with van der Waals surface area (Å²) in [6, 6.07) is 6.56. The molecule has 11 heteroatoms. The normalized spacial score (nSPS) is 18.8. The van der Waals surface area contributed by atoms with Gasteiger partial charge in [0.15, 0.2) is 0 Å². The van der Waals surface area contributed by atoms with E-state index in [2.05, 4.69) is 16.9 Å². The second-order valence-electron chi connectivity index (χ2n) is 11.1. The van der Waals surface area contributed by atoms with Crippen LogP contribution in [0.4, 0.5) is 21.5 Å². The molecule has 0 bridgehead atoms. The summed E-state index contributed by atoms with van der Waals surface area (Å²) in [5, 5.41) is 31.5. The molecule has 0 aliphatic carbocycles. The lowest BCUT2D eigenvalue weighted by Gasteiger charge is -2.46. The fraction of sp³-hybridized carbons (Fsp3) is 0.312. The number of hydrogen-bond donors (Lipinski definition) is 5. The number of carbonyl (C=O) groups is 1. The molecule has 2 aliphatic heterocycles. The van der Waals surface area contributed by atoms with E-state index >= 15 is 4.39 Å². The first kappa shape index (κ1) is 30.2. The molecule has 1 fully saturated rings. The first-order valence-electron chi connectivity index (χ1n) is 14.1. The smallest absolute Gasteiger partial charge is 0.246 e. The van der Waals surface area contributed by atoms with Gasteiger partial charge in [-0.05, 0) is 68.7 Å². The maximum absolute atomic E-state index is 16.9. The second-order valence-corrected chi connectivity index (χ2v) is 12.1. The number of hydrogen-bond acceptors (Lipinski definition) is 8. The number of halogens is 1. The van der Waals surface area contributed by atoms with Crippen molar-refractivity contribution in [2.45, 2.75) is 50.8 Å². The number of fused-ring (bicyclic) bond motifs is 2. The number of pyridine rings is 1. The Morgan fingerprint density at radius 2 is 2.02 bits per heavy atom. The minimum Gasteiger partial charge on any atom is -0.398 e. The number of carbonyl (C=O) groups excluding carboxylic acids is 1. The van der Waals surface area contributed by atoms with Gasteiger partial charge in [-0.15, -0.1) is 11.8 Å². The van der Waals surface area contributed by atoms with E-state index in [1.165, 1.54) is 17.8 Å². The van der Waals surface area contributed by atoms with E-state index in [4.69, 9.17) is 11.1 Å². The quantitative estimate of drug-likeness (QED) is 0.145. The summed E-state index contributed by atoms with van der Waals surface area (Å²) < 4.78 is 16.9. The number of anilines is 3. The summed E-state index contributed by atoms with van der Waals surface area (Å²) in [4.78, 5) is 20.9. The number of aryl methyl sites for hydroxylation is 2. The molecule has 2 aromatic carbocycles. The second kappa shape index (κ2) is 11.8. The van der Waals surface area contributed by atoms with E-state index in [9.17, 15) is 15.3 Å². The van der Waals surface area contributed by atoms with Crippen molar-refractivity contribution in [3.8, 4) is 11.1 Å². The minimum absolute atomic E-state index is 0.146. The van der Waals surface area contributed by atoms with Gasteiger partial charge < -0.3 is 31.4 Å². The summed E-state index contributed by atoms with van der Waals surface area (Å²) in [5.74, 6) is -0.0849. The van der Waals surface area contributed by atoms with Crippen molar-refractivity contribution < 1.29 is 14.3 Å². The number of aliphatic hydroxyl groups excluding tert-OH is 1. The highest BCUT2D eigenvalue weighted by Crippen LogP contribution is 2.45. The summed E-state index contributed by atoms with van der Waals surface area (Å²) in [5.41, 5.74) is 11.2. The molecule has 43 heavy (non-hydrogen) atoms. The van der Waals surface area contributed by atoms with Crippen molar-refractivity contribution in [1.29, 1.82) is 10.8 Å². The Hall–Kier alpha value is -4.22. The van der Waals surface area contributed by atoms with Crippen molar-refractivity contribution in [3.05, 3.63) is 76.9 Å². The predicted octanol–water partition coefficient (Wildman–Crippen LogP) is 5.40. The molecule has 9 nitrogen and oxygen atoms in total. The molecule has 1 amide bonds. The topological polar surface area (TPSA) is 142 Å². The molecular formula is C32H36FN7O2S. The van der Waals surface area contributed by atoms with Gasteiger partial charge in [-0.25, -0.2) is 4.39 Å². The number of aromatic nitrogens is 1. The van der Waals surface area contributed by atoms with Crippen LogP contribution in [0.1, 0.15) is 47.9 Å². The lowest BCUT2D eigenvalue weighted by atomic mass is 9.91. The largest absolute Gasteiger partial charge is 0.398 e. The molecule has 0 spiro atoms. The highest BCUT2D eigenvalue weighted by atomic mass is 32.2. The Kier molecular flexibility index (Phi) is 8.31. The fourth-order valence-corrected chi connectivity index (χ4v) is 7.29. The third-order valence-corrected chi connectivity index (χ3v) is 9.37. The van der Waals surface area contributed by atoms with E-state index in [0.717, 1.165) is 17.3 Å². The van der Waals surface area contributed by atoms with Crippen LogP contribution in [-0.4, -0.2) is 68.8 Å². The number of nitrogens with one attached hydrogen (secondary N) is 3. The van der Waals surface area contributed by atoms with Crippen molar-refractivity contribution in [3.63, 3.8) is 0 Å². The summed E-state index contributed by atoms with van der Waals surface area (Å²) in [6.45, 7) is 11.7. The molecule has 3 heterocycles. The predicted molar refractivity (Wildman–Crippen MR) is 171 cm³/mol. The van der Waals surface area contributed by atoms with E-state index < -0.39 is 11.9 Å². The maximum atomic E-state index is 16.9. The van der Waals surface area contributed by atoms with Gasteiger partial charge in [0.05, 0.1) is 39.7 Å². The minimum atomic E-state index is -0.879. The zero-order valence-electron chi connectivity index (χ0n) is 24.7. The number of amides is 1. The number of amidine groups is 1. The summed E-state index contributed by atoms with van der Waals surface area (Å²) in [7, 11) is 0. The van der Waals surface area contributed by atoms with Crippen LogP contribution < -0.4 is 11.1 Å². The van der Waals surface area contributed by atoms with Crippen molar-refractivity contribution in [2.24, 2.45) is 0 Å². The van der Waals surface area contributed by atoms with Gasteiger partial charge in [0.25, 0.3) is 0 Å².